The lowest BCUT2D eigenvalue weighted by atomic mass is 10.1. The first-order valence-corrected chi connectivity index (χ1v) is 11.3. The first-order chi connectivity index (χ1) is 16.6. The molecule has 5 aromatic rings. The number of nitrogens with one attached hydrogen (secondary N) is 2. The molecule has 0 unspecified atom stereocenters. The van der Waals surface area contributed by atoms with Crippen molar-refractivity contribution in [1.29, 1.82) is 0 Å². The average molecular weight is 468 g/mol. The number of hydrogen-bond acceptors (Lipinski definition) is 5. The van der Waals surface area contributed by atoms with Gasteiger partial charge in [0, 0.05) is 22.2 Å². The molecule has 6 nitrogen and oxygen atoms in total. The summed E-state index contributed by atoms with van der Waals surface area (Å²) in [5.74, 6) is 0.826. The summed E-state index contributed by atoms with van der Waals surface area (Å²) in [4.78, 5) is 17.3. The van der Waals surface area contributed by atoms with Crippen LogP contribution in [-0.2, 0) is 0 Å². The normalized spacial score (nSPS) is 10.9. The molecule has 0 saturated carbocycles. The highest BCUT2D eigenvalue weighted by Crippen LogP contribution is 2.30. The smallest absolute Gasteiger partial charge is 0.257 e. The minimum atomic E-state index is -0.318. The average Bonchev–Trinajstić information content (AvgIpc) is 3.30. The molecule has 0 saturated heterocycles. The van der Waals surface area contributed by atoms with E-state index in [-0.39, 0.29) is 11.0 Å². The molecule has 0 aliphatic heterocycles. The van der Waals surface area contributed by atoms with Crippen LogP contribution in [0.3, 0.4) is 0 Å². The molecule has 2 N–H and O–H groups in total. The van der Waals surface area contributed by atoms with Crippen molar-refractivity contribution in [1.82, 2.24) is 10.3 Å². The van der Waals surface area contributed by atoms with Crippen LogP contribution < -0.4 is 15.4 Å². The summed E-state index contributed by atoms with van der Waals surface area (Å²) in [7, 11) is 0. The third kappa shape index (κ3) is 4.46. The highest BCUT2D eigenvalue weighted by atomic mass is 32.1. The second-order valence-electron chi connectivity index (χ2n) is 7.60. The predicted molar refractivity (Wildman–Crippen MR) is 138 cm³/mol. The third-order valence-corrected chi connectivity index (χ3v) is 5.49. The summed E-state index contributed by atoms with van der Waals surface area (Å²) in [5.41, 5.74) is 3.51. The van der Waals surface area contributed by atoms with E-state index in [0.717, 1.165) is 27.4 Å². The van der Waals surface area contributed by atoms with Crippen molar-refractivity contribution in [3.63, 3.8) is 0 Å². The molecule has 1 heterocycles. The fourth-order valence-electron chi connectivity index (χ4n) is 3.75. The standard InChI is InChI=1S/C27H21N3O3S/c1-2-32-21-11-6-8-18(16-21)25(31)30-27(34)28-20-10-5-9-19(15-20)26-29-24-22-12-4-3-7-17(22)13-14-23(24)33-26/h3-16H,2H2,1H3,(H2,28,30,31,34). The Bertz CT molecular complexity index is 1530. The Morgan fingerprint density at radius 2 is 1.85 bits per heavy atom. The molecule has 0 aliphatic rings. The molecule has 0 atom stereocenters. The summed E-state index contributed by atoms with van der Waals surface area (Å²) in [6.45, 7) is 2.42. The number of carbonyl (C=O) groups excluding carboxylic acids is 1. The molecular formula is C27H21N3O3S. The van der Waals surface area contributed by atoms with E-state index in [1.807, 2.05) is 61.5 Å². The van der Waals surface area contributed by atoms with E-state index in [1.54, 1.807) is 24.3 Å². The van der Waals surface area contributed by atoms with Crippen LogP contribution in [-0.4, -0.2) is 22.6 Å². The molecule has 1 amide bonds. The number of carbonyl (C=O) groups is 1. The second-order valence-corrected chi connectivity index (χ2v) is 8.01. The number of rotatable bonds is 5. The summed E-state index contributed by atoms with van der Waals surface area (Å²) >= 11 is 5.35. The van der Waals surface area contributed by atoms with Crippen LogP contribution in [0.1, 0.15) is 17.3 Å². The Balaban J connectivity index is 1.33. The Hall–Kier alpha value is -4.23. The zero-order valence-electron chi connectivity index (χ0n) is 18.4. The number of hydrogen-bond donors (Lipinski definition) is 2. The first kappa shape index (κ1) is 21.6. The highest BCUT2D eigenvalue weighted by molar-refractivity contribution is 7.80. The topological polar surface area (TPSA) is 76.4 Å². The van der Waals surface area contributed by atoms with Gasteiger partial charge in [0.1, 0.15) is 11.3 Å². The maximum atomic E-state index is 12.6. The van der Waals surface area contributed by atoms with Crippen molar-refractivity contribution >= 4 is 50.8 Å². The van der Waals surface area contributed by atoms with Crippen molar-refractivity contribution in [2.45, 2.75) is 6.92 Å². The monoisotopic (exact) mass is 467 g/mol. The lowest BCUT2D eigenvalue weighted by Crippen LogP contribution is -2.34. The summed E-state index contributed by atoms with van der Waals surface area (Å²) in [6, 6.07) is 26.5. The molecule has 34 heavy (non-hydrogen) atoms. The van der Waals surface area contributed by atoms with Gasteiger partial charge < -0.3 is 14.5 Å². The Labute approximate surface area is 201 Å². The molecule has 0 spiro atoms. The Morgan fingerprint density at radius 1 is 1.00 bits per heavy atom. The second kappa shape index (κ2) is 9.33. The fraction of sp³-hybridized carbons (Fsp3) is 0.0741. The minimum Gasteiger partial charge on any atom is -0.494 e. The van der Waals surface area contributed by atoms with E-state index >= 15 is 0 Å². The number of ether oxygens (including phenoxy) is 1. The van der Waals surface area contributed by atoms with Crippen LogP contribution in [0.4, 0.5) is 5.69 Å². The van der Waals surface area contributed by atoms with Gasteiger partial charge in [-0.25, -0.2) is 4.98 Å². The molecule has 4 aromatic carbocycles. The molecule has 5 rings (SSSR count). The van der Waals surface area contributed by atoms with E-state index in [0.29, 0.717) is 29.5 Å². The van der Waals surface area contributed by atoms with Crippen molar-refractivity contribution in [2.24, 2.45) is 0 Å². The van der Waals surface area contributed by atoms with E-state index < -0.39 is 0 Å². The third-order valence-electron chi connectivity index (χ3n) is 5.29. The number of anilines is 1. The number of fused-ring (bicyclic) bond motifs is 3. The number of nitrogens with zero attached hydrogens (tertiary/aromatic N) is 1. The summed E-state index contributed by atoms with van der Waals surface area (Å²) < 4.78 is 11.5. The molecule has 7 heteroatoms. The molecule has 1 aromatic heterocycles. The van der Waals surface area contributed by atoms with E-state index in [2.05, 4.69) is 16.7 Å². The minimum absolute atomic E-state index is 0.188. The van der Waals surface area contributed by atoms with Crippen LogP contribution in [0.2, 0.25) is 0 Å². The van der Waals surface area contributed by atoms with Gasteiger partial charge in [0.05, 0.1) is 6.61 Å². The number of amides is 1. The zero-order valence-corrected chi connectivity index (χ0v) is 19.2. The van der Waals surface area contributed by atoms with Gasteiger partial charge in [-0.05, 0) is 67.0 Å². The van der Waals surface area contributed by atoms with Crippen LogP contribution in [0.15, 0.2) is 89.3 Å². The largest absolute Gasteiger partial charge is 0.494 e. The molecule has 168 valence electrons. The quantitative estimate of drug-likeness (QED) is 0.301. The molecule has 0 bridgehead atoms. The van der Waals surface area contributed by atoms with Gasteiger partial charge in [-0.15, -0.1) is 0 Å². The van der Waals surface area contributed by atoms with E-state index in [1.165, 1.54) is 0 Å². The number of aromatic nitrogens is 1. The Kier molecular flexibility index (Phi) is 5.93. The van der Waals surface area contributed by atoms with Crippen molar-refractivity contribution in [3.05, 3.63) is 90.5 Å². The summed E-state index contributed by atoms with van der Waals surface area (Å²) in [6.07, 6.45) is 0. The van der Waals surface area contributed by atoms with Crippen LogP contribution in [0.5, 0.6) is 5.75 Å². The molecular weight excluding hydrogens is 446 g/mol. The van der Waals surface area contributed by atoms with E-state index in [4.69, 9.17) is 26.4 Å². The number of thiocarbonyl (C=S) groups is 1. The van der Waals surface area contributed by atoms with Gasteiger partial charge in [0.15, 0.2) is 10.7 Å². The fourth-order valence-corrected chi connectivity index (χ4v) is 3.96. The first-order valence-electron chi connectivity index (χ1n) is 10.8. The van der Waals surface area contributed by atoms with Gasteiger partial charge in [-0.1, -0.05) is 42.5 Å². The molecule has 0 fully saturated rings. The van der Waals surface area contributed by atoms with Crippen LogP contribution in [0, 0.1) is 0 Å². The lowest BCUT2D eigenvalue weighted by molar-refractivity contribution is 0.0977. The zero-order chi connectivity index (χ0) is 23.5. The number of benzene rings is 4. The molecule has 0 radical (unpaired) electrons. The van der Waals surface area contributed by atoms with E-state index in [9.17, 15) is 4.79 Å². The summed E-state index contributed by atoms with van der Waals surface area (Å²) in [5, 5.41) is 8.10. The molecule has 0 aliphatic carbocycles. The SMILES string of the molecule is CCOc1cccc(C(=O)NC(=S)Nc2cccc(-c3nc4c(ccc5ccccc54)o3)c2)c1. The van der Waals surface area contributed by atoms with Gasteiger partial charge in [-0.3, -0.25) is 10.1 Å². The van der Waals surface area contributed by atoms with Crippen LogP contribution >= 0.6 is 12.2 Å². The Morgan fingerprint density at radius 3 is 2.74 bits per heavy atom. The van der Waals surface area contributed by atoms with Gasteiger partial charge in [0.25, 0.3) is 5.91 Å². The van der Waals surface area contributed by atoms with Crippen molar-refractivity contribution < 1.29 is 13.9 Å². The van der Waals surface area contributed by atoms with Gasteiger partial charge in [-0.2, -0.15) is 0 Å². The van der Waals surface area contributed by atoms with Gasteiger partial charge in [0.2, 0.25) is 5.89 Å². The van der Waals surface area contributed by atoms with Crippen molar-refractivity contribution in [2.75, 3.05) is 11.9 Å². The predicted octanol–water partition coefficient (Wildman–Crippen LogP) is 6.17. The van der Waals surface area contributed by atoms with Crippen molar-refractivity contribution in [3.8, 4) is 17.2 Å². The van der Waals surface area contributed by atoms with Gasteiger partial charge >= 0.3 is 0 Å². The number of oxazole rings is 1. The maximum absolute atomic E-state index is 12.6. The lowest BCUT2D eigenvalue weighted by Gasteiger charge is -2.11. The van der Waals surface area contributed by atoms with Crippen LogP contribution in [0.25, 0.3) is 33.3 Å². The maximum Gasteiger partial charge on any atom is 0.257 e. The highest BCUT2D eigenvalue weighted by Gasteiger charge is 2.13.